The van der Waals surface area contributed by atoms with Crippen LogP contribution >= 0.6 is 0 Å². The van der Waals surface area contributed by atoms with Crippen LogP contribution in [-0.2, 0) is 16.0 Å². The van der Waals surface area contributed by atoms with Crippen molar-refractivity contribution in [3.05, 3.63) is 73.0 Å². The molecule has 0 aliphatic carbocycles. The average Bonchev–Trinajstić information content (AvgIpc) is 3.17. The third-order valence-electron chi connectivity index (χ3n) is 5.66. The highest BCUT2D eigenvalue weighted by atomic mass is 16.5. The van der Waals surface area contributed by atoms with E-state index in [1.165, 1.54) is 0 Å². The monoisotopic (exact) mass is 375 g/mol. The van der Waals surface area contributed by atoms with Crippen LogP contribution in [0.3, 0.4) is 0 Å². The fourth-order valence-electron chi connectivity index (χ4n) is 4.09. The normalized spacial score (nSPS) is 16.0. The Balaban J connectivity index is 1.73. The molecule has 0 unspecified atom stereocenters. The lowest BCUT2D eigenvalue weighted by molar-refractivity contribution is -0.136. The Morgan fingerprint density at radius 2 is 1.82 bits per heavy atom. The van der Waals surface area contributed by atoms with Crippen molar-refractivity contribution in [2.24, 2.45) is 5.41 Å². The number of hydrogen-bond acceptors (Lipinski definition) is 3. The maximum Gasteiger partial charge on any atom is 0.226 e. The van der Waals surface area contributed by atoms with E-state index in [1.807, 2.05) is 36.6 Å². The van der Waals surface area contributed by atoms with Gasteiger partial charge in [-0.1, -0.05) is 48.5 Å². The van der Waals surface area contributed by atoms with Crippen LogP contribution in [0.15, 0.2) is 71.9 Å². The first-order chi connectivity index (χ1) is 13.7. The molecular weight excluding hydrogens is 350 g/mol. The van der Waals surface area contributed by atoms with Gasteiger partial charge in [-0.25, -0.2) is 0 Å². The van der Waals surface area contributed by atoms with Gasteiger partial charge in [-0.05, 0) is 36.5 Å². The van der Waals surface area contributed by atoms with E-state index >= 15 is 0 Å². The molecule has 2 heterocycles. The predicted octanol–water partition coefficient (Wildman–Crippen LogP) is 4.74. The molecule has 4 heteroatoms. The SMILES string of the molecule is C=CCNC(=O)C1(Cc2ccccc2-c2coc3ccccc23)CCOCC1. The molecule has 4 nitrogen and oxygen atoms in total. The molecule has 0 atom stereocenters. The van der Waals surface area contributed by atoms with E-state index in [0.29, 0.717) is 26.2 Å². The van der Waals surface area contributed by atoms with Crippen LogP contribution in [0.5, 0.6) is 0 Å². The Morgan fingerprint density at radius 3 is 2.64 bits per heavy atom. The van der Waals surface area contributed by atoms with Crippen molar-refractivity contribution in [2.75, 3.05) is 19.8 Å². The molecule has 28 heavy (non-hydrogen) atoms. The lowest BCUT2D eigenvalue weighted by atomic mass is 9.73. The molecule has 1 amide bonds. The Morgan fingerprint density at radius 1 is 1.07 bits per heavy atom. The molecule has 0 saturated carbocycles. The van der Waals surface area contributed by atoms with Crippen LogP contribution in [0.1, 0.15) is 18.4 Å². The zero-order chi connectivity index (χ0) is 19.4. The van der Waals surface area contributed by atoms with Gasteiger partial charge in [0, 0.05) is 30.7 Å². The molecule has 1 aliphatic rings. The summed E-state index contributed by atoms with van der Waals surface area (Å²) < 4.78 is 11.3. The molecule has 1 saturated heterocycles. The standard InChI is InChI=1S/C24H25NO3/c1-2-13-25-23(26)24(11-14-27-15-12-24)16-18-7-3-4-8-19(18)21-17-28-22-10-6-5-9-20(21)22/h2-10,17H,1,11-16H2,(H,25,26). The molecule has 0 radical (unpaired) electrons. The number of furan rings is 1. The maximum absolute atomic E-state index is 13.1. The number of fused-ring (bicyclic) bond motifs is 1. The first-order valence-corrected chi connectivity index (χ1v) is 9.75. The van der Waals surface area contributed by atoms with E-state index in [1.54, 1.807) is 6.08 Å². The summed E-state index contributed by atoms with van der Waals surface area (Å²) in [5, 5.41) is 4.11. The van der Waals surface area contributed by atoms with Gasteiger partial charge in [-0.2, -0.15) is 0 Å². The number of carbonyl (C=O) groups is 1. The first kappa shape index (κ1) is 18.5. The quantitative estimate of drug-likeness (QED) is 0.633. The van der Waals surface area contributed by atoms with Crippen molar-refractivity contribution >= 4 is 16.9 Å². The molecular formula is C24H25NO3. The van der Waals surface area contributed by atoms with Crippen LogP contribution < -0.4 is 5.32 Å². The molecule has 1 fully saturated rings. The molecule has 144 valence electrons. The lowest BCUT2D eigenvalue weighted by Gasteiger charge is -2.36. The van der Waals surface area contributed by atoms with E-state index in [9.17, 15) is 4.79 Å². The lowest BCUT2D eigenvalue weighted by Crippen LogP contribution is -2.46. The first-order valence-electron chi connectivity index (χ1n) is 9.75. The summed E-state index contributed by atoms with van der Waals surface area (Å²) in [5.41, 5.74) is 3.76. The van der Waals surface area contributed by atoms with E-state index in [4.69, 9.17) is 9.15 Å². The summed E-state index contributed by atoms with van der Waals surface area (Å²) in [5.74, 6) is 0.0857. The third-order valence-corrected chi connectivity index (χ3v) is 5.66. The van der Waals surface area contributed by atoms with Crippen molar-refractivity contribution in [3.8, 4) is 11.1 Å². The largest absolute Gasteiger partial charge is 0.464 e. The van der Waals surface area contributed by atoms with Crippen LogP contribution in [0, 0.1) is 5.41 Å². The summed E-state index contributed by atoms with van der Waals surface area (Å²) in [6, 6.07) is 16.4. The zero-order valence-corrected chi connectivity index (χ0v) is 15.9. The summed E-state index contributed by atoms with van der Waals surface area (Å²) in [7, 11) is 0. The molecule has 4 rings (SSSR count). The second kappa shape index (κ2) is 8.03. The second-order valence-corrected chi connectivity index (χ2v) is 7.37. The van der Waals surface area contributed by atoms with Gasteiger partial charge in [-0.3, -0.25) is 4.79 Å². The Bertz CT molecular complexity index is 982. The van der Waals surface area contributed by atoms with Gasteiger partial charge in [-0.15, -0.1) is 6.58 Å². The van der Waals surface area contributed by atoms with Crippen LogP contribution in [0.4, 0.5) is 0 Å². The molecule has 1 aromatic heterocycles. The highest BCUT2D eigenvalue weighted by molar-refractivity contribution is 5.95. The molecule has 2 aromatic carbocycles. The van der Waals surface area contributed by atoms with Crippen molar-refractivity contribution in [2.45, 2.75) is 19.3 Å². The smallest absolute Gasteiger partial charge is 0.226 e. The Kier molecular flexibility index (Phi) is 5.31. The van der Waals surface area contributed by atoms with Crippen molar-refractivity contribution in [3.63, 3.8) is 0 Å². The van der Waals surface area contributed by atoms with Gasteiger partial charge in [0.2, 0.25) is 5.91 Å². The second-order valence-electron chi connectivity index (χ2n) is 7.37. The molecule has 1 aliphatic heterocycles. The number of carbonyl (C=O) groups excluding carboxylic acids is 1. The Labute approximate surface area is 165 Å². The maximum atomic E-state index is 13.1. The molecule has 0 spiro atoms. The van der Waals surface area contributed by atoms with Gasteiger partial charge < -0.3 is 14.5 Å². The minimum Gasteiger partial charge on any atom is -0.464 e. The van der Waals surface area contributed by atoms with E-state index in [2.05, 4.69) is 30.1 Å². The number of hydrogen-bond donors (Lipinski definition) is 1. The average molecular weight is 375 g/mol. The highest BCUT2D eigenvalue weighted by Gasteiger charge is 2.40. The Hall–Kier alpha value is -2.85. The summed E-state index contributed by atoms with van der Waals surface area (Å²) in [4.78, 5) is 13.1. The number of para-hydroxylation sites is 1. The zero-order valence-electron chi connectivity index (χ0n) is 15.9. The number of rotatable bonds is 6. The molecule has 0 bridgehead atoms. The predicted molar refractivity (Wildman–Crippen MR) is 111 cm³/mol. The topological polar surface area (TPSA) is 51.5 Å². The summed E-state index contributed by atoms with van der Waals surface area (Å²) in [6.45, 7) is 5.41. The van der Waals surface area contributed by atoms with E-state index in [-0.39, 0.29) is 5.91 Å². The summed E-state index contributed by atoms with van der Waals surface area (Å²) >= 11 is 0. The van der Waals surface area contributed by atoms with Crippen molar-refractivity contribution < 1.29 is 13.9 Å². The number of nitrogens with one attached hydrogen (secondary N) is 1. The van der Waals surface area contributed by atoms with Crippen molar-refractivity contribution in [1.29, 1.82) is 0 Å². The van der Waals surface area contributed by atoms with Crippen LogP contribution in [0.25, 0.3) is 22.1 Å². The highest BCUT2D eigenvalue weighted by Crippen LogP contribution is 2.39. The summed E-state index contributed by atoms with van der Waals surface area (Å²) in [6.07, 6.45) is 5.65. The van der Waals surface area contributed by atoms with E-state index < -0.39 is 5.41 Å². The van der Waals surface area contributed by atoms with Gasteiger partial charge >= 0.3 is 0 Å². The van der Waals surface area contributed by atoms with Crippen molar-refractivity contribution in [1.82, 2.24) is 5.32 Å². The number of ether oxygens (including phenoxy) is 1. The van der Waals surface area contributed by atoms with Gasteiger partial charge in [0.25, 0.3) is 0 Å². The third kappa shape index (κ3) is 3.48. The fraction of sp³-hybridized carbons (Fsp3) is 0.292. The minimum absolute atomic E-state index is 0.0857. The van der Waals surface area contributed by atoms with Gasteiger partial charge in [0.15, 0.2) is 0 Å². The van der Waals surface area contributed by atoms with Gasteiger partial charge in [0.05, 0.1) is 11.7 Å². The number of benzene rings is 2. The number of amides is 1. The molecule has 1 N–H and O–H groups in total. The molecule has 3 aromatic rings. The van der Waals surface area contributed by atoms with Crippen LogP contribution in [0.2, 0.25) is 0 Å². The van der Waals surface area contributed by atoms with Crippen LogP contribution in [-0.4, -0.2) is 25.7 Å². The van der Waals surface area contributed by atoms with Gasteiger partial charge in [0.1, 0.15) is 5.58 Å². The minimum atomic E-state index is -0.461. The van der Waals surface area contributed by atoms with E-state index in [0.717, 1.165) is 40.5 Å². The fourth-order valence-corrected chi connectivity index (χ4v) is 4.09.